The van der Waals surface area contributed by atoms with Crippen molar-refractivity contribution >= 4 is 11.8 Å². The van der Waals surface area contributed by atoms with Gasteiger partial charge in [-0.3, -0.25) is 9.59 Å². The van der Waals surface area contributed by atoms with Gasteiger partial charge in [-0.05, 0) is 23.8 Å². The highest BCUT2D eigenvalue weighted by atomic mass is 16.5. The molecule has 2 atom stereocenters. The van der Waals surface area contributed by atoms with Gasteiger partial charge >= 0.3 is 0 Å². The number of nitrogens with one attached hydrogen (secondary N) is 4. The molecule has 0 spiro atoms. The summed E-state index contributed by atoms with van der Waals surface area (Å²) in [6.07, 6.45) is 1.22. The first-order valence-corrected chi connectivity index (χ1v) is 13.7. The van der Waals surface area contributed by atoms with Gasteiger partial charge in [0.2, 0.25) is 0 Å². The Morgan fingerprint density at radius 2 is 1.43 bits per heavy atom. The molecule has 0 aromatic heterocycles. The molecule has 4 rings (SSSR count). The fourth-order valence-corrected chi connectivity index (χ4v) is 5.89. The number of likely N-dealkylation sites (tertiary alicyclic amines) is 1. The van der Waals surface area contributed by atoms with Crippen molar-refractivity contribution in [3.8, 4) is 0 Å². The summed E-state index contributed by atoms with van der Waals surface area (Å²) in [6, 6.07) is 8.63. The summed E-state index contributed by atoms with van der Waals surface area (Å²) in [6.45, 7) is 16.7. The number of carbonyl (C=O) groups excluding carboxylic acids is 2. The van der Waals surface area contributed by atoms with Crippen LogP contribution >= 0.6 is 0 Å². The van der Waals surface area contributed by atoms with Crippen LogP contribution in [0.5, 0.6) is 0 Å². The Morgan fingerprint density at radius 1 is 0.857 bits per heavy atom. The molecule has 4 N–H and O–H groups in total. The molecule has 2 unspecified atom stereocenters. The zero-order valence-corrected chi connectivity index (χ0v) is 21.7. The van der Waals surface area contributed by atoms with Crippen LogP contribution in [0.1, 0.15) is 31.4 Å². The Labute approximate surface area is 210 Å². The summed E-state index contributed by atoms with van der Waals surface area (Å²) in [7, 11) is 0. The van der Waals surface area contributed by atoms with Gasteiger partial charge in [-0.25, -0.2) is 0 Å². The van der Waals surface area contributed by atoms with Crippen molar-refractivity contribution in [1.29, 1.82) is 0 Å². The number of hydrogen-bond acceptors (Lipinski definition) is 3. The van der Waals surface area contributed by atoms with Crippen molar-refractivity contribution in [1.82, 2.24) is 10.2 Å². The zero-order chi connectivity index (χ0) is 24.6. The molecular weight excluding hydrogens is 442 g/mol. The first kappa shape index (κ1) is 26.1. The standard InChI is InChI=1S/C27H43N5O3/c1-22-15-23(2)18-32(17-22)27(34)21-30-9-7-29(8-10-30)20-26(33)28-16-24-3-5-25(6-4-24)19-31-11-13-35-14-12-31/h3-6,22-23H,7-21H2,1-2H3,(H,28,33)/p+3. The van der Waals surface area contributed by atoms with Crippen molar-refractivity contribution < 1.29 is 29.0 Å². The summed E-state index contributed by atoms with van der Waals surface area (Å²) in [5.74, 6) is 1.62. The van der Waals surface area contributed by atoms with Crippen molar-refractivity contribution in [3.05, 3.63) is 35.4 Å². The van der Waals surface area contributed by atoms with Crippen molar-refractivity contribution in [2.24, 2.45) is 11.8 Å². The SMILES string of the molecule is CC1CC(C)CN(C(=O)C[NH+]2CC[NH+](CC(=O)NCc3ccc(C[NH+]4CCOCC4)cc3)CC2)C1. The second-order valence-corrected chi connectivity index (χ2v) is 11.2. The van der Waals surface area contributed by atoms with E-state index in [1.807, 2.05) is 0 Å². The van der Waals surface area contributed by atoms with Gasteiger partial charge in [0.15, 0.2) is 13.1 Å². The minimum atomic E-state index is 0.109. The molecule has 3 aliphatic rings. The molecule has 0 radical (unpaired) electrons. The van der Waals surface area contributed by atoms with Crippen LogP contribution in [0, 0.1) is 11.8 Å². The summed E-state index contributed by atoms with van der Waals surface area (Å²) >= 11 is 0. The van der Waals surface area contributed by atoms with Gasteiger partial charge in [0.1, 0.15) is 45.8 Å². The highest BCUT2D eigenvalue weighted by molar-refractivity contribution is 5.77. The van der Waals surface area contributed by atoms with Gasteiger partial charge in [0.05, 0.1) is 13.2 Å². The molecule has 0 bridgehead atoms. The monoisotopic (exact) mass is 488 g/mol. The number of piperazine rings is 1. The van der Waals surface area contributed by atoms with E-state index >= 15 is 0 Å². The Bertz CT molecular complexity index is 809. The third-order valence-electron chi connectivity index (χ3n) is 7.86. The Hall–Kier alpha value is -2.00. The molecule has 3 aliphatic heterocycles. The number of amides is 2. The summed E-state index contributed by atoms with van der Waals surface area (Å²) in [4.78, 5) is 31.6. The highest BCUT2D eigenvalue weighted by Crippen LogP contribution is 2.20. The van der Waals surface area contributed by atoms with E-state index in [0.29, 0.717) is 37.4 Å². The molecule has 8 nitrogen and oxygen atoms in total. The molecule has 3 saturated heterocycles. The molecule has 0 aliphatic carbocycles. The highest BCUT2D eigenvalue weighted by Gasteiger charge is 2.30. The second kappa shape index (κ2) is 12.8. The quantitative estimate of drug-likeness (QED) is 0.315. The number of benzene rings is 1. The van der Waals surface area contributed by atoms with Crippen molar-refractivity contribution in [2.75, 3.05) is 78.7 Å². The number of quaternary nitrogens is 3. The lowest BCUT2D eigenvalue weighted by molar-refractivity contribution is -1.00. The van der Waals surface area contributed by atoms with E-state index in [9.17, 15) is 9.59 Å². The molecule has 3 fully saturated rings. The molecule has 8 heteroatoms. The fourth-order valence-electron chi connectivity index (χ4n) is 5.89. The van der Waals surface area contributed by atoms with E-state index in [2.05, 4.69) is 48.3 Å². The lowest BCUT2D eigenvalue weighted by Gasteiger charge is -2.36. The Morgan fingerprint density at radius 3 is 2.06 bits per heavy atom. The zero-order valence-electron chi connectivity index (χ0n) is 21.7. The topological polar surface area (TPSA) is 72.0 Å². The lowest BCUT2D eigenvalue weighted by Crippen LogP contribution is -3.28. The Kier molecular flexibility index (Phi) is 9.54. The number of rotatable bonds is 8. The normalized spacial score (nSPS) is 28.0. The molecule has 194 valence electrons. The average Bonchev–Trinajstić information content (AvgIpc) is 2.85. The third kappa shape index (κ3) is 8.27. The van der Waals surface area contributed by atoms with Gasteiger partial charge in [-0.15, -0.1) is 0 Å². The van der Waals surface area contributed by atoms with E-state index in [4.69, 9.17) is 4.74 Å². The van der Waals surface area contributed by atoms with Gasteiger partial charge in [-0.1, -0.05) is 38.1 Å². The molecule has 1 aromatic rings. The molecule has 35 heavy (non-hydrogen) atoms. The molecule has 2 amide bonds. The van der Waals surface area contributed by atoms with Gasteiger partial charge in [0.25, 0.3) is 11.8 Å². The number of carbonyl (C=O) groups is 2. The van der Waals surface area contributed by atoms with Crippen LogP contribution in [0.3, 0.4) is 0 Å². The maximum atomic E-state index is 12.8. The van der Waals surface area contributed by atoms with Crippen LogP contribution in [-0.4, -0.2) is 95.4 Å². The van der Waals surface area contributed by atoms with E-state index in [-0.39, 0.29) is 5.91 Å². The molecule has 1 aromatic carbocycles. The van der Waals surface area contributed by atoms with E-state index in [0.717, 1.165) is 77.7 Å². The predicted octanol–water partition coefficient (Wildman–Crippen LogP) is -2.99. The minimum absolute atomic E-state index is 0.109. The van der Waals surface area contributed by atoms with Gasteiger partial charge in [-0.2, -0.15) is 0 Å². The van der Waals surface area contributed by atoms with Crippen LogP contribution in [0.15, 0.2) is 24.3 Å². The Balaban J connectivity index is 1.11. The van der Waals surface area contributed by atoms with E-state index in [1.54, 1.807) is 4.90 Å². The molecule has 3 heterocycles. The number of piperidine rings is 1. The van der Waals surface area contributed by atoms with Gasteiger partial charge in [0, 0.05) is 25.2 Å². The van der Waals surface area contributed by atoms with Gasteiger partial charge < -0.3 is 29.7 Å². The van der Waals surface area contributed by atoms with Crippen molar-refractivity contribution in [3.63, 3.8) is 0 Å². The first-order valence-electron chi connectivity index (χ1n) is 13.7. The van der Waals surface area contributed by atoms with Crippen LogP contribution in [0.2, 0.25) is 0 Å². The largest absolute Gasteiger partial charge is 0.370 e. The minimum Gasteiger partial charge on any atom is -0.370 e. The maximum Gasteiger partial charge on any atom is 0.277 e. The van der Waals surface area contributed by atoms with E-state index < -0.39 is 0 Å². The van der Waals surface area contributed by atoms with Crippen LogP contribution in [0.4, 0.5) is 0 Å². The van der Waals surface area contributed by atoms with Crippen molar-refractivity contribution in [2.45, 2.75) is 33.4 Å². The molecule has 0 saturated carbocycles. The number of morpholine rings is 1. The summed E-state index contributed by atoms with van der Waals surface area (Å²) in [5, 5.41) is 3.09. The number of nitrogens with zero attached hydrogens (tertiary/aromatic N) is 1. The fraction of sp³-hybridized carbons (Fsp3) is 0.704. The smallest absolute Gasteiger partial charge is 0.277 e. The van der Waals surface area contributed by atoms with Crippen LogP contribution in [-0.2, 0) is 27.4 Å². The average molecular weight is 489 g/mol. The first-order chi connectivity index (χ1) is 16.9. The van der Waals surface area contributed by atoms with E-state index in [1.165, 1.54) is 21.8 Å². The summed E-state index contributed by atoms with van der Waals surface area (Å²) in [5.41, 5.74) is 2.48. The summed E-state index contributed by atoms with van der Waals surface area (Å²) < 4.78 is 5.44. The maximum absolute atomic E-state index is 12.8. The second-order valence-electron chi connectivity index (χ2n) is 11.2. The number of hydrogen-bond donors (Lipinski definition) is 4. The number of ether oxygens (including phenoxy) is 1. The third-order valence-corrected chi connectivity index (χ3v) is 7.86. The molecular formula is C27H46N5O3+3. The predicted molar refractivity (Wildman–Crippen MR) is 134 cm³/mol. The lowest BCUT2D eigenvalue weighted by atomic mass is 9.92. The van der Waals surface area contributed by atoms with Crippen LogP contribution < -0.4 is 20.0 Å². The van der Waals surface area contributed by atoms with Crippen LogP contribution in [0.25, 0.3) is 0 Å².